The van der Waals surface area contributed by atoms with Crippen molar-refractivity contribution in [3.05, 3.63) is 53.8 Å². The van der Waals surface area contributed by atoms with Crippen LogP contribution < -0.4 is 15.4 Å². The fourth-order valence-corrected chi connectivity index (χ4v) is 1.87. The van der Waals surface area contributed by atoms with Crippen molar-refractivity contribution in [1.29, 1.82) is 0 Å². The summed E-state index contributed by atoms with van der Waals surface area (Å²) in [6.07, 6.45) is 0. The van der Waals surface area contributed by atoms with Gasteiger partial charge < -0.3 is 15.4 Å². The second-order valence-electron chi connectivity index (χ2n) is 4.27. The van der Waals surface area contributed by atoms with Gasteiger partial charge in [0.15, 0.2) is 5.11 Å². The van der Waals surface area contributed by atoms with Crippen molar-refractivity contribution in [3.8, 4) is 5.75 Å². The van der Waals surface area contributed by atoms with Crippen LogP contribution in [0.2, 0.25) is 0 Å². The Morgan fingerprint density at radius 1 is 1.05 bits per heavy atom. The van der Waals surface area contributed by atoms with Crippen LogP contribution in [0.1, 0.15) is 5.56 Å². The van der Waals surface area contributed by atoms with E-state index in [0.29, 0.717) is 16.4 Å². The van der Waals surface area contributed by atoms with E-state index in [1.807, 2.05) is 24.3 Å². The third kappa shape index (κ3) is 3.68. The Balaban J connectivity index is 1.99. The highest BCUT2D eigenvalue weighted by Crippen LogP contribution is 2.16. The van der Waals surface area contributed by atoms with Crippen LogP contribution >= 0.6 is 12.2 Å². The van der Waals surface area contributed by atoms with Crippen molar-refractivity contribution in [2.24, 2.45) is 0 Å². The molecule has 5 heteroatoms. The van der Waals surface area contributed by atoms with Crippen LogP contribution in [0.4, 0.5) is 15.8 Å². The summed E-state index contributed by atoms with van der Waals surface area (Å²) in [7, 11) is 1.61. The van der Waals surface area contributed by atoms with Gasteiger partial charge in [-0.2, -0.15) is 0 Å². The van der Waals surface area contributed by atoms with Gasteiger partial charge >= 0.3 is 0 Å². The minimum Gasteiger partial charge on any atom is -0.497 e. The lowest BCUT2D eigenvalue weighted by Gasteiger charge is -2.11. The molecule has 104 valence electrons. The maximum atomic E-state index is 13.4. The summed E-state index contributed by atoms with van der Waals surface area (Å²) < 4.78 is 18.5. The van der Waals surface area contributed by atoms with Crippen LogP contribution in [-0.2, 0) is 0 Å². The summed E-state index contributed by atoms with van der Waals surface area (Å²) in [5.41, 5.74) is 2.04. The number of methoxy groups -OCH3 is 1. The second-order valence-corrected chi connectivity index (χ2v) is 4.68. The molecule has 0 saturated carbocycles. The number of hydrogen-bond donors (Lipinski definition) is 2. The summed E-state index contributed by atoms with van der Waals surface area (Å²) >= 11 is 5.18. The number of thiocarbonyl (C=S) groups is 1. The Bertz CT molecular complexity index is 614. The molecule has 0 bridgehead atoms. The van der Waals surface area contributed by atoms with Gasteiger partial charge in [0.2, 0.25) is 0 Å². The molecule has 3 nitrogen and oxygen atoms in total. The first-order valence-electron chi connectivity index (χ1n) is 6.06. The molecule has 0 fully saturated rings. The Hall–Kier alpha value is -2.14. The third-order valence-electron chi connectivity index (χ3n) is 2.78. The van der Waals surface area contributed by atoms with Gasteiger partial charge in [-0.05, 0) is 61.1 Å². The lowest BCUT2D eigenvalue weighted by atomic mass is 10.2. The molecule has 0 radical (unpaired) electrons. The van der Waals surface area contributed by atoms with Crippen molar-refractivity contribution < 1.29 is 9.13 Å². The number of anilines is 2. The first-order chi connectivity index (χ1) is 9.58. The first kappa shape index (κ1) is 14.3. The summed E-state index contributed by atoms with van der Waals surface area (Å²) in [6, 6.07) is 12.3. The molecule has 0 saturated heterocycles. The van der Waals surface area contributed by atoms with Crippen LogP contribution in [0.5, 0.6) is 5.75 Å². The van der Waals surface area contributed by atoms with Crippen molar-refractivity contribution in [2.75, 3.05) is 17.7 Å². The van der Waals surface area contributed by atoms with E-state index in [9.17, 15) is 4.39 Å². The molecule has 0 aliphatic heterocycles. The molecule has 20 heavy (non-hydrogen) atoms. The Morgan fingerprint density at radius 2 is 1.65 bits per heavy atom. The molecule has 2 N–H and O–H groups in total. The number of hydrogen-bond acceptors (Lipinski definition) is 2. The van der Waals surface area contributed by atoms with Gasteiger partial charge in [-0.1, -0.05) is 6.07 Å². The van der Waals surface area contributed by atoms with E-state index in [2.05, 4.69) is 10.6 Å². The number of nitrogens with one attached hydrogen (secondary N) is 2. The maximum absolute atomic E-state index is 13.4. The molecule has 2 aromatic rings. The lowest BCUT2D eigenvalue weighted by Crippen LogP contribution is -2.19. The average Bonchev–Trinajstić information content (AvgIpc) is 2.44. The lowest BCUT2D eigenvalue weighted by molar-refractivity contribution is 0.415. The number of aryl methyl sites for hydroxylation is 1. The minimum atomic E-state index is -0.262. The van der Waals surface area contributed by atoms with Gasteiger partial charge in [-0.15, -0.1) is 0 Å². The van der Waals surface area contributed by atoms with Gasteiger partial charge in [0, 0.05) is 11.4 Å². The zero-order chi connectivity index (χ0) is 14.5. The van der Waals surface area contributed by atoms with Crippen LogP contribution in [0, 0.1) is 12.7 Å². The molecule has 0 aliphatic carbocycles. The molecule has 2 aromatic carbocycles. The highest BCUT2D eigenvalue weighted by Gasteiger charge is 2.02. The molecular formula is C15H15FN2OS. The average molecular weight is 290 g/mol. The minimum absolute atomic E-state index is 0.262. The molecule has 0 heterocycles. The quantitative estimate of drug-likeness (QED) is 0.839. The molecule has 0 aromatic heterocycles. The van der Waals surface area contributed by atoms with Gasteiger partial charge in [0.25, 0.3) is 0 Å². The highest BCUT2D eigenvalue weighted by molar-refractivity contribution is 7.80. The largest absolute Gasteiger partial charge is 0.497 e. The highest BCUT2D eigenvalue weighted by atomic mass is 32.1. The molecular weight excluding hydrogens is 275 g/mol. The SMILES string of the molecule is COc1ccc(NC(=S)Nc2ccc(C)c(F)c2)cc1. The van der Waals surface area contributed by atoms with Crippen molar-refractivity contribution >= 4 is 28.7 Å². The van der Waals surface area contributed by atoms with Crippen LogP contribution in [0.25, 0.3) is 0 Å². The molecule has 0 unspecified atom stereocenters. The van der Waals surface area contributed by atoms with E-state index >= 15 is 0 Å². The van der Waals surface area contributed by atoms with Crippen LogP contribution in [0.15, 0.2) is 42.5 Å². The second kappa shape index (κ2) is 6.34. The predicted molar refractivity (Wildman–Crippen MR) is 84.0 cm³/mol. The standard InChI is InChI=1S/C15H15FN2OS/c1-10-3-4-12(9-14(10)16)18-15(20)17-11-5-7-13(19-2)8-6-11/h3-9H,1-2H3,(H2,17,18,20). The van der Waals surface area contributed by atoms with Gasteiger partial charge in [0.05, 0.1) is 7.11 Å². The van der Waals surface area contributed by atoms with E-state index in [4.69, 9.17) is 17.0 Å². The van der Waals surface area contributed by atoms with Crippen LogP contribution in [-0.4, -0.2) is 12.2 Å². The van der Waals surface area contributed by atoms with Crippen molar-refractivity contribution in [1.82, 2.24) is 0 Å². The number of rotatable bonds is 3. The molecule has 0 aliphatic rings. The van der Waals surface area contributed by atoms with E-state index in [1.54, 1.807) is 26.2 Å². The van der Waals surface area contributed by atoms with Crippen LogP contribution in [0.3, 0.4) is 0 Å². The van der Waals surface area contributed by atoms with Crippen molar-refractivity contribution in [2.45, 2.75) is 6.92 Å². The smallest absolute Gasteiger partial charge is 0.175 e. The van der Waals surface area contributed by atoms with Gasteiger partial charge in [0.1, 0.15) is 11.6 Å². The zero-order valence-electron chi connectivity index (χ0n) is 11.2. The van der Waals surface area contributed by atoms with E-state index in [1.165, 1.54) is 6.07 Å². The van der Waals surface area contributed by atoms with Crippen molar-refractivity contribution in [3.63, 3.8) is 0 Å². The summed E-state index contributed by atoms with van der Waals surface area (Å²) in [5, 5.41) is 6.36. The maximum Gasteiger partial charge on any atom is 0.175 e. The number of halogens is 1. The fourth-order valence-electron chi connectivity index (χ4n) is 1.64. The predicted octanol–water partition coefficient (Wildman–Crippen LogP) is 3.95. The van der Waals surface area contributed by atoms with Gasteiger partial charge in [-0.25, -0.2) is 4.39 Å². The topological polar surface area (TPSA) is 33.3 Å². The van der Waals surface area contributed by atoms with E-state index in [0.717, 1.165) is 11.4 Å². The monoisotopic (exact) mass is 290 g/mol. The summed E-state index contributed by atoms with van der Waals surface area (Å²) in [5.74, 6) is 0.511. The first-order valence-corrected chi connectivity index (χ1v) is 6.47. The summed E-state index contributed by atoms with van der Waals surface area (Å²) in [6.45, 7) is 1.72. The van der Waals surface area contributed by atoms with Gasteiger partial charge in [-0.3, -0.25) is 0 Å². The Kier molecular flexibility index (Phi) is 4.53. The van der Waals surface area contributed by atoms with E-state index in [-0.39, 0.29) is 5.82 Å². The normalized spacial score (nSPS) is 9.95. The summed E-state index contributed by atoms with van der Waals surface area (Å²) in [4.78, 5) is 0. The molecule has 2 rings (SSSR count). The van der Waals surface area contributed by atoms with E-state index < -0.39 is 0 Å². The number of benzene rings is 2. The number of ether oxygens (including phenoxy) is 1. The Labute approximate surface area is 122 Å². The fraction of sp³-hybridized carbons (Fsp3) is 0.133. The zero-order valence-corrected chi connectivity index (χ0v) is 12.1. The molecule has 0 amide bonds. The Morgan fingerprint density at radius 3 is 2.25 bits per heavy atom. The third-order valence-corrected chi connectivity index (χ3v) is 2.98. The molecule has 0 spiro atoms. The molecule has 0 atom stereocenters.